The topological polar surface area (TPSA) is 26.3 Å². The van der Waals surface area contributed by atoms with Gasteiger partial charge in [-0.15, -0.1) is 0 Å². The second-order valence-corrected chi connectivity index (χ2v) is 7.44. The lowest BCUT2D eigenvalue weighted by atomic mass is 9.99. The number of aryl methyl sites for hydroxylation is 2. The third kappa shape index (κ3) is 5.41. The summed E-state index contributed by atoms with van der Waals surface area (Å²) in [4.78, 5) is 10.7. The van der Waals surface area contributed by atoms with E-state index in [-0.39, 0.29) is 0 Å². The molecule has 3 aromatic rings. The van der Waals surface area contributed by atoms with Gasteiger partial charge in [0.15, 0.2) is 0 Å². The quantitative estimate of drug-likeness (QED) is 0.328. The van der Waals surface area contributed by atoms with Crippen LogP contribution in [0.5, 0.6) is 5.75 Å². The maximum absolute atomic E-state index is 10.7. The Labute approximate surface area is 165 Å². The molecule has 0 bridgehead atoms. The predicted octanol–water partition coefficient (Wildman–Crippen LogP) is 6.58. The van der Waals surface area contributed by atoms with Gasteiger partial charge in [-0.25, -0.2) is 0 Å². The van der Waals surface area contributed by atoms with Gasteiger partial charge in [0.2, 0.25) is 0 Å². The fourth-order valence-corrected chi connectivity index (χ4v) is 3.58. The highest BCUT2D eigenvalue weighted by molar-refractivity contribution is 7.08. The molecular weight excluding hydrogens is 352 g/mol. The number of thiophene rings is 1. The number of allylic oxidation sites excluding steroid dienone is 1. The highest BCUT2D eigenvalue weighted by atomic mass is 32.1. The van der Waals surface area contributed by atoms with E-state index in [2.05, 4.69) is 54.9 Å². The van der Waals surface area contributed by atoms with Gasteiger partial charge in [0.1, 0.15) is 12.0 Å². The Morgan fingerprint density at radius 2 is 1.78 bits per heavy atom. The Morgan fingerprint density at radius 3 is 2.44 bits per heavy atom. The largest absolute Gasteiger partial charge is 0.494 e. The molecule has 27 heavy (non-hydrogen) atoms. The molecule has 0 aliphatic heterocycles. The molecular formula is C24H24O2S. The van der Waals surface area contributed by atoms with Gasteiger partial charge in [0.05, 0.1) is 6.61 Å². The molecule has 0 saturated carbocycles. The van der Waals surface area contributed by atoms with Crippen LogP contribution < -0.4 is 4.74 Å². The van der Waals surface area contributed by atoms with Gasteiger partial charge >= 0.3 is 0 Å². The summed E-state index contributed by atoms with van der Waals surface area (Å²) in [5.74, 6) is 0.802. The molecule has 0 fully saturated rings. The van der Waals surface area contributed by atoms with Gasteiger partial charge in [-0.2, -0.15) is 11.3 Å². The molecule has 2 aromatic carbocycles. The van der Waals surface area contributed by atoms with Crippen molar-refractivity contribution < 1.29 is 9.53 Å². The number of hydrogen-bond acceptors (Lipinski definition) is 3. The molecule has 0 radical (unpaired) electrons. The summed E-state index contributed by atoms with van der Waals surface area (Å²) in [5, 5.41) is 4.32. The van der Waals surface area contributed by atoms with Crippen molar-refractivity contribution in [1.82, 2.24) is 0 Å². The lowest BCUT2D eigenvalue weighted by molar-refractivity contribution is 0.112. The molecule has 1 heterocycles. The van der Waals surface area contributed by atoms with Crippen LogP contribution in [0.25, 0.3) is 11.6 Å². The summed E-state index contributed by atoms with van der Waals surface area (Å²) in [7, 11) is 0. The minimum Gasteiger partial charge on any atom is -0.494 e. The van der Waals surface area contributed by atoms with Crippen molar-refractivity contribution in [3.63, 3.8) is 0 Å². The maximum Gasteiger partial charge on any atom is 0.150 e. The third-order valence-corrected chi connectivity index (χ3v) is 5.32. The highest BCUT2D eigenvalue weighted by Crippen LogP contribution is 2.26. The average molecular weight is 377 g/mol. The molecule has 2 nitrogen and oxygen atoms in total. The first kappa shape index (κ1) is 19.1. The van der Waals surface area contributed by atoms with Crippen LogP contribution in [0.1, 0.15) is 45.5 Å². The van der Waals surface area contributed by atoms with Crippen molar-refractivity contribution in [2.24, 2.45) is 0 Å². The van der Waals surface area contributed by atoms with E-state index in [0.29, 0.717) is 12.2 Å². The Bertz CT molecular complexity index is 906. The molecule has 1 aromatic heterocycles. The van der Waals surface area contributed by atoms with E-state index in [1.54, 1.807) is 23.5 Å². The van der Waals surface area contributed by atoms with Gasteiger partial charge in [-0.3, -0.25) is 4.79 Å². The van der Waals surface area contributed by atoms with Crippen LogP contribution in [0.3, 0.4) is 0 Å². The molecule has 0 spiro atoms. The van der Waals surface area contributed by atoms with E-state index >= 15 is 0 Å². The zero-order chi connectivity index (χ0) is 19.1. The van der Waals surface area contributed by atoms with E-state index in [1.807, 2.05) is 12.1 Å². The van der Waals surface area contributed by atoms with Crippen molar-refractivity contribution in [3.8, 4) is 5.75 Å². The number of carbonyl (C=O) groups excluding carboxylic acids is 1. The van der Waals surface area contributed by atoms with Crippen molar-refractivity contribution in [1.29, 1.82) is 0 Å². The maximum atomic E-state index is 10.7. The summed E-state index contributed by atoms with van der Waals surface area (Å²) >= 11 is 1.72. The Morgan fingerprint density at radius 1 is 1.00 bits per heavy atom. The predicted molar refractivity (Wildman–Crippen MR) is 115 cm³/mol. The van der Waals surface area contributed by atoms with Crippen LogP contribution in [0.15, 0.2) is 59.3 Å². The number of ether oxygens (including phenoxy) is 1. The SMILES string of the molecule is Cc1ccc(/C=C(/CCCOc2ccc(C=O)cc2)c2ccsc2)cc1C. The van der Waals surface area contributed by atoms with Crippen LogP contribution in [0.4, 0.5) is 0 Å². The normalized spacial score (nSPS) is 11.4. The molecule has 0 unspecified atom stereocenters. The molecule has 0 aliphatic rings. The van der Waals surface area contributed by atoms with Crippen LogP contribution in [0, 0.1) is 13.8 Å². The minimum absolute atomic E-state index is 0.648. The van der Waals surface area contributed by atoms with Gasteiger partial charge in [-0.1, -0.05) is 24.3 Å². The number of benzene rings is 2. The summed E-state index contributed by atoms with van der Waals surface area (Å²) in [5.41, 5.74) is 7.16. The Hall–Kier alpha value is -2.65. The van der Waals surface area contributed by atoms with Crippen LogP contribution in [0.2, 0.25) is 0 Å². The van der Waals surface area contributed by atoms with Crippen molar-refractivity contribution in [2.75, 3.05) is 6.61 Å². The van der Waals surface area contributed by atoms with Crippen LogP contribution >= 0.6 is 11.3 Å². The highest BCUT2D eigenvalue weighted by Gasteiger charge is 2.05. The van der Waals surface area contributed by atoms with Crippen LogP contribution in [-0.4, -0.2) is 12.9 Å². The van der Waals surface area contributed by atoms with Gasteiger partial charge in [-0.05, 0) is 95.6 Å². The van der Waals surface area contributed by atoms with Crippen LogP contribution in [-0.2, 0) is 0 Å². The zero-order valence-electron chi connectivity index (χ0n) is 15.8. The second-order valence-electron chi connectivity index (χ2n) is 6.66. The third-order valence-electron chi connectivity index (χ3n) is 4.64. The molecule has 0 N–H and O–H groups in total. The number of aldehydes is 1. The van der Waals surface area contributed by atoms with E-state index in [9.17, 15) is 4.79 Å². The number of rotatable bonds is 8. The van der Waals surface area contributed by atoms with Crippen molar-refractivity contribution in [3.05, 3.63) is 87.1 Å². The monoisotopic (exact) mass is 376 g/mol. The summed E-state index contributed by atoms with van der Waals surface area (Å²) in [6.07, 6.45) is 5.01. The minimum atomic E-state index is 0.648. The molecule has 0 aliphatic carbocycles. The molecule has 3 heteroatoms. The van der Waals surface area contributed by atoms with E-state index < -0.39 is 0 Å². The summed E-state index contributed by atoms with van der Waals surface area (Å²) in [6, 6.07) is 16.0. The van der Waals surface area contributed by atoms with Crippen molar-refractivity contribution in [2.45, 2.75) is 26.7 Å². The average Bonchev–Trinajstić information content (AvgIpc) is 3.22. The van der Waals surface area contributed by atoms with E-state index in [1.165, 1.54) is 27.8 Å². The van der Waals surface area contributed by atoms with E-state index in [0.717, 1.165) is 24.9 Å². The molecule has 0 amide bonds. The first-order valence-electron chi connectivity index (χ1n) is 9.14. The molecule has 0 atom stereocenters. The smallest absolute Gasteiger partial charge is 0.150 e. The lowest BCUT2D eigenvalue weighted by Crippen LogP contribution is -1.98. The molecule has 138 valence electrons. The second kappa shape index (κ2) is 9.33. The fraction of sp³-hybridized carbons (Fsp3) is 0.208. The van der Waals surface area contributed by atoms with E-state index in [4.69, 9.17) is 4.74 Å². The molecule has 3 rings (SSSR count). The Kier molecular flexibility index (Phi) is 6.61. The molecule has 0 saturated heterocycles. The number of carbonyl (C=O) groups is 1. The van der Waals surface area contributed by atoms with Gasteiger partial charge in [0, 0.05) is 5.56 Å². The fourth-order valence-electron chi connectivity index (χ4n) is 2.90. The lowest BCUT2D eigenvalue weighted by Gasteiger charge is -2.09. The Balaban J connectivity index is 1.64. The zero-order valence-corrected chi connectivity index (χ0v) is 16.6. The summed E-state index contributed by atoms with van der Waals surface area (Å²) < 4.78 is 5.82. The summed E-state index contributed by atoms with van der Waals surface area (Å²) in [6.45, 7) is 4.94. The first-order chi connectivity index (χ1) is 13.2. The van der Waals surface area contributed by atoms with Crippen molar-refractivity contribution >= 4 is 29.3 Å². The van der Waals surface area contributed by atoms with Gasteiger partial charge < -0.3 is 4.74 Å². The standard InChI is InChI=1S/C24H24O2S/c1-18-5-6-21(14-19(18)2)15-22(23-11-13-27-17-23)4-3-12-26-24-9-7-20(16-25)8-10-24/h5-11,13-17H,3-4,12H2,1-2H3/b22-15-. The number of hydrogen-bond donors (Lipinski definition) is 0. The van der Waals surface area contributed by atoms with Gasteiger partial charge in [0.25, 0.3) is 0 Å². The first-order valence-corrected chi connectivity index (χ1v) is 10.1.